The number of nitrogens with zero attached hydrogens (tertiary/aromatic N) is 6. The molecule has 0 spiro atoms. The molecule has 10 nitrogen and oxygen atoms in total. The van der Waals surface area contributed by atoms with Crippen molar-refractivity contribution in [2.24, 2.45) is 0 Å². The number of urea groups is 1. The van der Waals surface area contributed by atoms with Gasteiger partial charge in [-0.25, -0.2) is 14.6 Å². The van der Waals surface area contributed by atoms with Gasteiger partial charge in [0, 0.05) is 0 Å². The Kier molecular flexibility index (Phi) is 5.54. The van der Waals surface area contributed by atoms with E-state index in [2.05, 4.69) is 15.5 Å². The molecule has 0 radical (unpaired) electrons. The Morgan fingerprint density at radius 1 is 0.970 bits per heavy atom. The van der Waals surface area contributed by atoms with Crippen molar-refractivity contribution >= 4 is 23.5 Å². The smallest absolute Gasteiger partial charge is 0.416 e. The summed E-state index contributed by atoms with van der Waals surface area (Å²) in [6.45, 7) is 1.51. The van der Waals surface area contributed by atoms with E-state index in [4.69, 9.17) is 4.74 Å². The Hall–Kier alpha value is -4.29. The first-order chi connectivity index (χ1) is 15.7. The molecule has 4 rings (SSSR count). The first-order valence-electron chi connectivity index (χ1n) is 9.59. The molecule has 1 saturated heterocycles. The van der Waals surface area contributed by atoms with Crippen LogP contribution in [0.4, 0.5) is 23.7 Å². The number of imide groups is 2. The third-order valence-corrected chi connectivity index (χ3v) is 4.73. The summed E-state index contributed by atoms with van der Waals surface area (Å²) in [6.07, 6.45) is -4.52. The van der Waals surface area contributed by atoms with Gasteiger partial charge in [0.1, 0.15) is 5.75 Å². The number of tetrazole rings is 1. The van der Waals surface area contributed by atoms with Gasteiger partial charge in [0.25, 0.3) is 0 Å². The number of amides is 4. The Labute approximate surface area is 184 Å². The highest BCUT2D eigenvalue weighted by Gasteiger charge is 2.47. The van der Waals surface area contributed by atoms with Gasteiger partial charge < -0.3 is 4.74 Å². The summed E-state index contributed by atoms with van der Waals surface area (Å²) >= 11 is 0. The molecule has 0 aliphatic carbocycles. The molecule has 0 N–H and O–H groups in total. The number of rotatable bonds is 6. The van der Waals surface area contributed by atoms with E-state index < -0.39 is 36.1 Å². The number of aromatic nitrogens is 4. The lowest BCUT2D eigenvalue weighted by Crippen LogP contribution is -2.34. The first-order valence-corrected chi connectivity index (χ1v) is 9.59. The van der Waals surface area contributed by atoms with Crippen LogP contribution in [0, 0.1) is 0 Å². The molecule has 1 aromatic heterocycles. The zero-order valence-corrected chi connectivity index (χ0v) is 17.0. The maximum absolute atomic E-state index is 13.0. The van der Waals surface area contributed by atoms with Gasteiger partial charge in [0.05, 0.1) is 30.1 Å². The zero-order valence-electron chi connectivity index (χ0n) is 17.0. The highest BCUT2D eigenvalue weighted by atomic mass is 19.4. The predicted molar refractivity (Wildman–Crippen MR) is 105 cm³/mol. The number of para-hydroxylation sites is 2. The van der Waals surface area contributed by atoms with Gasteiger partial charge in [-0.2, -0.15) is 17.9 Å². The van der Waals surface area contributed by atoms with Crippen molar-refractivity contribution in [3.63, 3.8) is 0 Å². The van der Waals surface area contributed by atoms with Crippen molar-refractivity contribution in [3.05, 3.63) is 59.9 Å². The van der Waals surface area contributed by atoms with Crippen molar-refractivity contribution in [2.75, 3.05) is 11.5 Å². The molecule has 0 saturated carbocycles. The third kappa shape index (κ3) is 4.00. The molecule has 170 valence electrons. The number of halogens is 3. The second kappa shape index (κ2) is 8.33. The Morgan fingerprint density at radius 2 is 1.67 bits per heavy atom. The molecule has 0 atom stereocenters. The van der Waals surface area contributed by atoms with Gasteiger partial charge >= 0.3 is 24.0 Å². The van der Waals surface area contributed by atoms with Crippen molar-refractivity contribution in [1.29, 1.82) is 0 Å². The largest absolute Gasteiger partial charge is 0.492 e. The molecule has 2 aromatic carbocycles. The van der Waals surface area contributed by atoms with Gasteiger partial charge in [-0.05, 0) is 53.7 Å². The minimum atomic E-state index is -4.52. The van der Waals surface area contributed by atoms with Gasteiger partial charge in [-0.15, -0.1) is 5.10 Å². The van der Waals surface area contributed by atoms with Crippen molar-refractivity contribution < 1.29 is 32.3 Å². The number of carbonyl (C=O) groups is 3. The lowest BCUT2D eigenvalue weighted by molar-refractivity contribution is -0.139. The van der Waals surface area contributed by atoms with Crippen LogP contribution < -0.4 is 9.64 Å². The fourth-order valence-corrected chi connectivity index (χ4v) is 3.21. The second-order valence-corrected chi connectivity index (χ2v) is 6.77. The highest BCUT2D eigenvalue weighted by molar-refractivity contribution is 6.52. The fraction of sp³-hybridized carbons (Fsp3) is 0.200. The van der Waals surface area contributed by atoms with Crippen LogP contribution in [-0.4, -0.2) is 49.6 Å². The lowest BCUT2D eigenvalue weighted by atomic mass is 10.2. The number of anilines is 1. The summed E-state index contributed by atoms with van der Waals surface area (Å²) < 4.78 is 45.0. The number of carbonyl (C=O) groups excluding carboxylic acids is 3. The number of hydrogen-bond donors (Lipinski definition) is 0. The maximum atomic E-state index is 13.0. The molecule has 0 bridgehead atoms. The monoisotopic (exact) mass is 460 g/mol. The summed E-state index contributed by atoms with van der Waals surface area (Å²) in [7, 11) is 0. The van der Waals surface area contributed by atoms with Gasteiger partial charge in [0.2, 0.25) is 0 Å². The summed E-state index contributed by atoms with van der Waals surface area (Å²) in [5.74, 6) is -1.98. The Bertz CT molecular complexity index is 1230. The van der Waals surface area contributed by atoms with Crippen LogP contribution in [0.3, 0.4) is 0 Å². The van der Waals surface area contributed by atoms with Crippen LogP contribution >= 0.6 is 0 Å². The van der Waals surface area contributed by atoms with Crippen LogP contribution in [-0.2, 0) is 22.3 Å². The molecular formula is C20H15F3N6O4. The molecule has 4 amide bonds. The normalized spacial score (nSPS) is 14.4. The fourth-order valence-electron chi connectivity index (χ4n) is 3.21. The summed E-state index contributed by atoms with van der Waals surface area (Å²) in [6, 6.07) is 9.30. The third-order valence-electron chi connectivity index (χ3n) is 4.73. The Morgan fingerprint density at radius 3 is 2.33 bits per heavy atom. The summed E-state index contributed by atoms with van der Waals surface area (Å²) in [5, 5.41) is 10.9. The molecule has 1 aliphatic rings. The minimum absolute atomic E-state index is 0.0378. The van der Waals surface area contributed by atoms with Gasteiger partial charge in [-0.1, -0.05) is 12.1 Å². The first kappa shape index (κ1) is 21.9. The Balaban J connectivity index is 1.61. The van der Waals surface area contributed by atoms with E-state index in [9.17, 15) is 27.6 Å². The molecule has 1 aliphatic heterocycles. The van der Waals surface area contributed by atoms with Crippen molar-refractivity contribution in [1.82, 2.24) is 25.1 Å². The average molecular weight is 460 g/mol. The number of benzene rings is 2. The van der Waals surface area contributed by atoms with Gasteiger partial charge in [-0.3, -0.25) is 9.59 Å². The quantitative estimate of drug-likeness (QED) is 0.411. The molecule has 0 unspecified atom stereocenters. The zero-order chi connectivity index (χ0) is 23.8. The van der Waals surface area contributed by atoms with E-state index in [1.807, 2.05) is 0 Å². The molecule has 33 heavy (non-hydrogen) atoms. The highest BCUT2D eigenvalue weighted by Crippen LogP contribution is 2.32. The molecule has 13 heteroatoms. The van der Waals surface area contributed by atoms with Crippen LogP contribution in [0.1, 0.15) is 18.3 Å². The predicted octanol–water partition coefficient (Wildman–Crippen LogP) is 2.58. The number of alkyl halides is 3. The summed E-state index contributed by atoms with van der Waals surface area (Å²) in [5.41, 5.74) is -0.584. The van der Waals surface area contributed by atoms with Crippen LogP contribution in [0.25, 0.3) is 5.69 Å². The van der Waals surface area contributed by atoms with Crippen LogP contribution in [0.15, 0.2) is 48.5 Å². The number of hydrogen-bond acceptors (Lipinski definition) is 7. The topological polar surface area (TPSA) is 111 Å². The van der Waals surface area contributed by atoms with E-state index >= 15 is 0 Å². The van der Waals surface area contributed by atoms with E-state index in [-0.39, 0.29) is 29.6 Å². The van der Waals surface area contributed by atoms with Crippen LogP contribution in [0.2, 0.25) is 0 Å². The molecule has 1 fully saturated rings. The molecule has 2 heterocycles. The second-order valence-electron chi connectivity index (χ2n) is 6.77. The van der Waals surface area contributed by atoms with Gasteiger partial charge in [0.15, 0.2) is 5.82 Å². The SMILES string of the molecule is CCOc1ccccc1N1C(=O)C(=O)N(Cc2nnnn2-c2ccc(C(F)(F)F)cc2)C1=O. The molecular weight excluding hydrogens is 445 g/mol. The maximum Gasteiger partial charge on any atom is 0.416 e. The van der Waals surface area contributed by atoms with E-state index in [0.29, 0.717) is 9.80 Å². The van der Waals surface area contributed by atoms with Crippen molar-refractivity contribution in [2.45, 2.75) is 19.6 Å². The van der Waals surface area contributed by atoms with Crippen molar-refractivity contribution in [3.8, 4) is 11.4 Å². The van der Waals surface area contributed by atoms with E-state index in [0.717, 1.165) is 28.9 Å². The minimum Gasteiger partial charge on any atom is -0.492 e. The lowest BCUT2D eigenvalue weighted by Gasteiger charge is -2.18. The van der Waals surface area contributed by atoms with Crippen LogP contribution in [0.5, 0.6) is 5.75 Å². The molecule has 3 aromatic rings. The van der Waals surface area contributed by atoms with E-state index in [1.54, 1.807) is 25.1 Å². The van der Waals surface area contributed by atoms with E-state index in [1.165, 1.54) is 6.07 Å². The standard InChI is InChI=1S/C20H15F3N6O4/c1-2-33-15-6-4-3-5-14(15)28-18(31)17(30)27(19(28)32)11-16-24-25-26-29(16)13-9-7-12(8-10-13)20(21,22)23/h3-10H,2,11H2,1H3. The number of ether oxygens (including phenoxy) is 1. The average Bonchev–Trinajstić information content (AvgIpc) is 3.33. The summed E-state index contributed by atoms with van der Waals surface area (Å²) in [4.78, 5) is 39.5.